The van der Waals surface area contributed by atoms with Gasteiger partial charge in [-0.15, -0.1) is 0 Å². The maximum atomic E-state index is 12.7. The Balaban J connectivity index is 2.73. The van der Waals surface area contributed by atoms with E-state index in [9.17, 15) is 9.59 Å². The molecule has 0 saturated heterocycles. The maximum absolute atomic E-state index is 12.7. The molecule has 1 aromatic carbocycles. The smallest absolute Gasteiger partial charge is 0.411 e. The quantitative estimate of drug-likeness (QED) is 0.380. The predicted molar refractivity (Wildman–Crippen MR) is 127 cm³/mol. The molecule has 2 unspecified atom stereocenters. The number of hydrogen-bond acceptors (Lipinski definition) is 6. The van der Waals surface area contributed by atoms with Gasteiger partial charge in [-0.1, -0.05) is 45.6 Å². The summed E-state index contributed by atoms with van der Waals surface area (Å²) in [6.07, 6.45) is 2.41. The van der Waals surface area contributed by atoms with Crippen molar-refractivity contribution in [2.75, 3.05) is 31.7 Å². The van der Waals surface area contributed by atoms with E-state index < -0.39 is 23.1 Å². The van der Waals surface area contributed by atoms with Crippen molar-refractivity contribution in [2.45, 2.75) is 66.1 Å². The van der Waals surface area contributed by atoms with E-state index in [2.05, 4.69) is 11.9 Å². The Bertz CT molecular complexity index is 732. The van der Waals surface area contributed by atoms with Crippen LogP contribution in [0.1, 0.15) is 59.9 Å². The fourth-order valence-electron chi connectivity index (χ4n) is 2.61. The molecular weight excluding hydrogens is 410 g/mol. The minimum Gasteiger partial charge on any atom is -0.463 e. The van der Waals surface area contributed by atoms with Crippen LogP contribution in [0.4, 0.5) is 10.5 Å². The fourth-order valence-corrected chi connectivity index (χ4v) is 2.61. The maximum Gasteiger partial charge on any atom is 0.411 e. The largest absolute Gasteiger partial charge is 0.463 e. The van der Waals surface area contributed by atoms with Crippen LogP contribution in [-0.4, -0.2) is 50.2 Å². The topological polar surface area (TPSA) is 83.1 Å². The van der Waals surface area contributed by atoms with E-state index >= 15 is 0 Å². The predicted octanol–water partition coefficient (Wildman–Crippen LogP) is 5.45. The Morgan fingerprint density at radius 1 is 1.06 bits per heavy atom. The number of esters is 1. The highest BCUT2D eigenvalue weighted by Gasteiger charge is 2.37. The first kappa shape index (κ1) is 27.7. The number of carbonyl (C=O) groups is 2. The van der Waals surface area contributed by atoms with E-state index in [1.807, 2.05) is 46.8 Å². The number of rotatable bonds is 14. The molecule has 180 valence electrons. The molecule has 7 nitrogen and oxygen atoms in total. The first-order valence-corrected chi connectivity index (χ1v) is 11.2. The number of ether oxygens (including phenoxy) is 4. The van der Waals surface area contributed by atoms with Gasteiger partial charge < -0.3 is 18.9 Å². The Kier molecular flexibility index (Phi) is 11.4. The molecule has 7 heteroatoms. The number of carbonyl (C=O) groups excluding carboxylic acids is 2. The lowest BCUT2D eigenvalue weighted by atomic mass is 9.94. The zero-order valence-electron chi connectivity index (χ0n) is 20.4. The van der Waals surface area contributed by atoms with Crippen molar-refractivity contribution in [1.29, 1.82) is 0 Å². The van der Waals surface area contributed by atoms with Gasteiger partial charge in [-0.2, -0.15) is 0 Å². The van der Waals surface area contributed by atoms with Crippen molar-refractivity contribution in [3.8, 4) is 0 Å². The summed E-state index contributed by atoms with van der Waals surface area (Å²) >= 11 is 0. The summed E-state index contributed by atoms with van der Waals surface area (Å²) in [5.74, 6) is -0.434. The van der Waals surface area contributed by atoms with Crippen LogP contribution in [0.3, 0.4) is 0 Å². The Hall–Kier alpha value is -2.38. The highest BCUT2D eigenvalue weighted by atomic mass is 16.6. The molecule has 0 fully saturated rings. The van der Waals surface area contributed by atoms with Crippen molar-refractivity contribution in [2.24, 2.45) is 5.41 Å². The van der Waals surface area contributed by atoms with Crippen LogP contribution in [0.2, 0.25) is 0 Å². The van der Waals surface area contributed by atoms with Crippen LogP contribution in [0.15, 0.2) is 30.8 Å². The summed E-state index contributed by atoms with van der Waals surface area (Å²) in [5, 5.41) is 2.69. The minimum absolute atomic E-state index is 0.0161. The van der Waals surface area contributed by atoms with Crippen LogP contribution in [0.25, 0.3) is 6.08 Å². The van der Waals surface area contributed by atoms with Crippen molar-refractivity contribution in [3.05, 3.63) is 36.4 Å². The Morgan fingerprint density at radius 2 is 1.69 bits per heavy atom. The van der Waals surface area contributed by atoms with E-state index in [1.54, 1.807) is 25.1 Å². The molecule has 0 aliphatic heterocycles. The van der Waals surface area contributed by atoms with E-state index in [0.29, 0.717) is 18.7 Å². The van der Waals surface area contributed by atoms with Gasteiger partial charge in [-0.25, -0.2) is 9.59 Å². The SMILES string of the molecule is C=Cc1ccc(NC(=O)OCC(C)(COC(=O)C(C)(CC)OCCC)COC(C)C)cc1. The van der Waals surface area contributed by atoms with Gasteiger partial charge >= 0.3 is 12.1 Å². The molecule has 0 aliphatic carbocycles. The molecule has 1 amide bonds. The number of anilines is 1. The molecule has 1 N–H and O–H groups in total. The molecule has 1 aromatic rings. The molecule has 0 radical (unpaired) electrons. The fraction of sp³-hybridized carbons (Fsp3) is 0.600. The molecule has 0 saturated carbocycles. The molecule has 2 atom stereocenters. The third kappa shape index (κ3) is 9.40. The summed E-state index contributed by atoms with van der Waals surface area (Å²) in [4.78, 5) is 25.0. The average molecular weight is 450 g/mol. The van der Waals surface area contributed by atoms with Crippen LogP contribution in [0, 0.1) is 5.41 Å². The number of benzene rings is 1. The summed E-state index contributed by atoms with van der Waals surface area (Å²) in [7, 11) is 0. The van der Waals surface area contributed by atoms with Gasteiger partial charge in [0.05, 0.1) is 18.1 Å². The summed E-state index contributed by atoms with van der Waals surface area (Å²) < 4.78 is 22.5. The molecule has 32 heavy (non-hydrogen) atoms. The monoisotopic (exact) mass is 449 g/mol. The first-order chi connectivity index (χ1) is 15.1. The molecule has 0 spiro atoms. The molecular formula is C25H39NO6. The molecule has 0 bridgehead atoms. The molecule has 0 heterocycles. The second-order valence-electron chi connectivity index (χ2n) is 8.71. The van der Waals surface area contributed by atoms with Gasteiger partial charge in [-0.05, 0) is 51.3 Å². The van der Waals surface area contributed by atoms with Crippen LogP contribution < -0.4 is 5.32 Å². The van der Waals surface area contributed by atoms with Gasteiger partial charge in [-0.3, -0.25) is 5.32 Å². The van der Waals surface area contributed by atoms with Crippen molar-refractivity contribution < 1.29 is 28.5 Å². The minimum atomic E-state index is -1.01. The second kappa shape index (κ2) is 13.2. The van der Waals surface area contributed by atoms with Crippen molar-refractivity contribution in [3.63, 3.8) is 0 Å². The van der Waals surface area contributed by atoms with Gasteiger partial charge in [0.25, 0.3) is 0 Å². The molecule has 0 aromatic heterocycles. The van der Waals surface area contributed by atoms with Crippen LogP contribution in [-0.2, 0) is 23.7 Å². The Morgan fingerprint density at radius 3 is 2.22 bits per heavy atom. The third-order valence-corrected chi connectivity index (χ3v) is 4.99. The van der Waals surface area contributed by atoms with Gasteiger partial charge in [0.15, 0.2) is 5.60 Å². The van der Waals surface area contributed by atoms with Crippen molar-refractivity contribution >= 4 is 23.8 Å². The molecule has 0 aliphatic rings. The van der Waals surface area contributed by atoms with Gasteiger partial charge in [0, 0.05) is 12.3 Å². The van der Waals surface area contributed by atoms with E-state index in [1.165, 1.54) is 0 Å². The summed E-state index contributed by atoms with van der Waals surface area (Å²) in [5.41, 5.74) is -0.167. The van der Waals surface area contributed by atoms with Crippen LogP contribution in [0.5, 0.6) is 0 Å². The summed E-state index contributed by atoms with van der Waals surface area (Å²) in [6.45, 7) is 15.8. The first-order valence-electron chi connectivity index (χ1n) is 11.2. The lowest BCUT2D eigenvalue weighted by molar-refractivity contribution is -0.176. The highest BCUT2D eigenvalue weighted by Crippen LogP contribution is 2.23. The Labute approximate surface area is 192 Å². The second-order valence-corrected chi connectivity index (χ2v) is 8.71. The standard InChI is InChI=1S/C25H39NO6/c1-8-15-32-25(7,10-3)22(27)30-17-24(6,16-29-19(4)5)18-31-23(28)26-21-13-11-20(9-2)12-14-21/h9,11-14,19H,2,8,10,15-18H2,1,3-7H3,(H,26,28). The number of amides is 1. The molecule has 1 rings (SSSR count). The number of nitrogens with one attached hydrogen (secondary N) is 1. The highest BCUT2D eigenvalue weighted by molar-refractivity contribution is 5.84. The number of hydrogen-bond donors (Lipinski definition) is 1. The average Bonchev–Trinajstić information content (AvgIpc) is 2.79. The zero-order chi connectivity index (χ0) is 24.2. The zero-order valence-corrected chi connectivity index (χ0v) is 20.4. The van der Waals surface area contributed by atoms with Gasteiger partial charge in [0.1, 0.15) is 13.2 Å². The third-order valence-electron chi connectivity index (χ3n) is 4.99. The summed E-state index contributed by atoms with van der Waals surface area (Å²) in [6, 6.07) is 7.22. The van der Waals surface area contributed by atoms with E-state index in [4.69, 9.17) is 18.9 Å². The van der Waals surface area contributed by atoms with E-state index in [-0.39, 0.29) is 25.9 Å². The van der Waals surface area contributed by atoms with E-state index in [0.717, 1.165) is 12.0 Å². The van der Waals surface area contributed by atoms with Crippen molar-refractivity contribution in [1.82, 2.24) is 0 Å². The lowest BCUT2D eigenvalue weighted by Crippen LogP contribution is -2.43. The van der Waals surface area contributed by atoms with Crippen LogP contribution >= 0.6 is 0 Å². The van der Waals surface area contributed by atoms with Gasteiger partial charge in [0.2, 0.25) is 0 Å². The normalized spacial score (nSPS) is 14.8. The lowest BCUT2D eigenvalue weighted by Gasteiger charge is -2.32.